The summed E-state index contributed by atoms with van der Waals surface area (Å²) in [4.78, 5) is 20.6. The Kier molecular flexibility index (Phi) is 3.40. The zero-order valence-corrected chi connectivity index (χ0v) is 11.3. The van der Waals surface area contributed by atoms with Gasteiger partial charge in [-0.3, -0.25) is 4.79 Å². The minimum atomic E-state index is -0.346. The molecule has 1 aliphatic heterocycles. The first-order valence-corrected chi connectivity index (χ1v) is 6.74. The van der Waals surface area contributed by atoms with Gasteiger partial charge in [-0.05, 0) is 12.5 Å². The Morgan fingerprint density at radius 3 is 2.85 bits per heavy atom. The number of fused-ring (bicyclic) bond motifs is 1. The second-order valence-corrected chi connectivity index (χ2v) is 4.79. The number of aromatic amines is 1. The van der Waals surface area contributed by atoms with Gasteiger partial charge in [0.2, 0.25) is 0 Å². The van der Waals surface area contributed by atoms with E-state index in [0.29, 0.717) is 55.1 Å². The molecule has 0 unspecified atom stereocenters. The number of halogens is 1. The summed E-state index contributed by atoms with van der Waals surface area (Å²) in [7, 11) is 0. The summed E-state index contributed by atoms with van der Waals surface area (Å²) in [5.74, 6) is -0.346. The molecule has 0 atom stereocenters. The molecule has 3 rings (SSSR count). The summed E-state index contributed by atoms with van der Waals surface area (Å²) in [6, 6.07) is 3.04. The molecular formula is C14H16FN3O2. The van der Waals surface area contributed by atoms with Crippen LogP contribution in [-0.2, 0) is 11.2 Å². The summed E-state index contributed by atoms with van der Waals surface area (Å²) < 4.78 is 19.5. The molecule has 1 aliphatic rings. The highest BCUT2D eigenvalue weighted by atomic mass is 19.1. The fourth-order valence-corrected chi connectivity index (χ4v) is 2.42. The number of hydrogen-bond acceptors (Lipinski definition) is 4. The van der Waals surface area contributed by atoms with Gasteiger partial charge in [-0.2, -0.15) is 0 Å². The van der Waals surface area contributed by atoms with Crippen molar-refractivity contribution >= 4 is 16.7 Å². The third-order valence-corrected chi connectivity index (χ3v) is 3.52. The number of benzene rings is 1. The topological polar surface area (TPSA) is 58.2 Å². The number of nitrogens with one attached hydrogen (secondary N) is 1. The maximum atomic E-state index is 14.2. The van der Waals surface area contributed by atoms with E-state index in [0.717, 1.165) is 0 Å². The first-order valence-electron chi connectivity index (χ1n) is 6.74. The van der Waals surface area contributed by atoms with Crippen LogP contribution in [0.15, 0.2) is 16.9 Å². The quantitative estimate of drug-likeness (QED) is 0.903. The van der Waals surface area contributed by atoms with Gasteiger partial charge in [-0.1, -0.05) is 6.92 Å². The molecule has 2 heterocycles. The second-order valence-electron chi connectivity index (χ2n) is 4.79. The SMILES string of the molecule is CCc1nc2cc(N3CCOCC3)c(F)cc2[nH]c1=O. The molecule has 2 aromatic rings. The lowest BCUT2D eigenvalue weighted by Gasteiger charge is -2.29. The number of aromatic nitrogens is 2. The molecule has 1 aromatic heterocycles. The highest BCUT2D eigenvalue weighted by molar-refractivity contribution is 5.79. The molecule has 0 bridgehead atoms. The van der Waals surface area contributed by atoms with Gasteiger partial charge in [-0.15, -0.1) is 0 Å². The molecule has 0 saturated carbocycles. The first kappa shape index (κ1) is 13.1. The summed E-state index contributed by atoms with van der Waals surface area (Å²) in [5.41, 5.74) is 1.78. The van der Waals surface area contributed by atoms with E-state index in [4.69, 9.17) is 4.74 Å². The van der Waals surface area contributed by atoms with Crippen molar-refractivity contribution in [3.8, 4) is 0 Å². The number of anilines is 1. The van der Waals surface area contributed by atoms with E-state index >= 15 is 0 Å². The summed E-state index contributed by atoms with van der Waals surface area (Å²) in [6.07, 6.45) is 0.551. The molecule has 0 amide bonds. The molecule has 1 aromatic carbocycles. The van der Waals surface area contributed by atoms with Gasteiger partial charge >= 0.3 is 0 Å². The fourth-order valence-electron chi connectivity index (χ4n) is 2.42. The first-order chi connectivity index (χ1) is 9.69. The van der Waals surface area contributed by atoms with E-state index in [1.165, 1.54) is 6.07 Å². The largest absolute Gasteiger partial charge is 0.378 e. The molecule has 1 fully saturated rings. The van der Waals surface area contributed by atoms with Gasteiger partial charge in [0.25, 0.3) is 5.56 Å². The molecule has 0 spiro atoms. The molecule has 0 aliphatic carbocycles. The molecule has 1 N–H and O–H groups in total. The molecule has 0 radical (unpaired) electrons. The molecule has 5 nitrogen and oxygen atoms in total. The monoisotopic (exact) mass is 277 g/mol. The van der Waals surface area contributed by atoms with Crippen molar-refractivity contribution in [2.24, 2.45) is 0 Å². The van der Waals surface area contributed by atoms with Crippen LogP contribution in [0.5, 0.6) is 0 Å². The van der Waals surface area contributed by atoms with E-state index in [1.807, 2.05) is 11.8 Å². The Bertz CT molecular complexity index is 693. The van der Waals surface area contributed by atoms with E-state index in [9.17, 15) is 9.18 Å². The van der Waals surface area contributed by atoms with E-state index in [-0.39, 0.29) is 11.4 Å². The van der Waals surface area contributed by atoms with Gasteiger partial charge < -0.3 is 14.6 Å². The third kappa shape index (κ3) is 2.27. The van der Waals surface area contributed by atoms with Crippen LogP contribution in [0.3, 0.4) is 0 Å². The second kappa shape index (κ2) is 5.20. The van der Waals surface area contributed by atoms with E-state index in [1.54, 1.807) is 6.07 Å². The third-order valence-electron chi connectivity index (χ3n) is 3.52. The number of ether oxygens (including phenoxy) is 1. The van der Waals surface area contributed by atoms with Crippen LogP contribution >= 0.6 is 0 Å². The van der Waals surface area contributed by atoms with Crippen LogP contribution in [0.1, 0.15) is 12.6 Å². The van der Waals surface area contributed by atoms with Crippen LogP contribution in [0.4, 0.5) is 10.1 Å². The van der Waals surface area contributed by atoms with Crippen LogP contribution in [-0.4, -0.2) is 36.3 Å². The summed E-state index contributed by atoms with van der Waals surface area (Å²) in [5, 5.41) is 0. The molecule has 106 valence electrons. The van der Waals surface area contributed by atoms with Crippen molar-refractivity contribution in [2.75, 3.05) is 31.2 Å². The number of morpholine rings is 1. The predicted octanol–water partition coefficient (Wildman–Crippen LogP) is 1.46. The predicted molar refractivity (Wildman–Crippen MR) is 74.7 cm³/mol. The Balaban J connectivity index is 2.11. The van der Waals surface area contributed by atoms with Crippen LogP contribution in [0.2, 0.25) is 0 Å². The Morgan fingerprint density at radius 1 is 1.40 bits per heavy atom. The lowest BCUT2D eigenvalue weighted by atomic mass is 10.2. The highest BCUT2D eigenvalue weighted by Gasteiger charge is 2.17. The van der Waals surface area contributed by atoms with Crippen molar-refractivity contribution in [1.29, 1.82) is 0 Å². The van der Waals surface area contributed by atoms with Gasteiger partial charge in [0.05, 0.1) is 29.9 Å². The van der Waals surface area contributed by atoms with Gasteiger partial charge in [0.15, 0.2) is 0 Å². The lowest BCUT2D eigenvalue weighted by Crippen LogP contribution is -2.36. The van der Waals surface area contributed by atoms with Gasteiger partial charge in [0, 0.05) is 19.2 Å². The minimum Gasteiger partial charge on any atom is -0.378 e. The molecule has 1 saturated heterocycles. The van der Waals surface area contributed by atoms with Crippen LogP contribution in [0.25, 0.3) is 11.0 Å². The van der Waals surface area contributed by atoms with Crippen molar-refractivity contribution in [2.45, 2.75) is 13.3 Å². The summed E-state index contributed by atoms with van der Waals surface area (Å²) in [6.45, 7) is 4.38. The fraction of sp³-hybridized carbons (Fsp3) is 0.429. The van der Waals surface area contributed by atoms with Crippen molar-refractivity contribution in [3.63, 3.8) is 0 Å². The Hall–Kier alpha value is -1.95. The number of hydrogen-bond donors (Lipinski definition) is 1. The number of nitrogens with zero attached hydrogens (tertiary/aromatic N) is 2. The molecule has 20 heavy (non-hydrogen) atoms. The van der Waals surface area contributed by atoms with Crippen LogP contribution in [0, 0.1) is 5.82 Å². The number of rotatable bonds is 2. The Morgan fingerprint density at radius 2 is 2.15 bits per heavy atom. The van der Waals surface area contributed by atoms with Gasteiger partial charge in [-0.25, -0.2) is 9.37 Å². The minimum absolute atomic E-state index is 0.251. The maximum absolute atomic E-state index is 14.2. The number of aryl methyl sites for hydroxylation is 1. The summed E-state index contributed by atoms with van der Waals surface area (Å²) >= 11 is 0. The highest BCUT2D eigenvalue weighted by Crippen LogP contribution is 2.24. The molecular weight excluding hydrogens is 261 g/mol. The van der Waals surface area contributed by atoms with E-state index < -0.39 is 0 Å². The van der Waals surface area contributed by atoms with Crippen molar-refractivity contribution < 1.29 is 9.13 Å². The van der Waals surface area contributed by atoms with Gasteiger partial charge in [0.1, 0.15) is 11.5 Å². The Labute approximate surface area is 115 Å². The molecule has 6 heteroatoms. The van der Waals surface area contributed by atoms with Crippen molar-refractivity contribution in [3.05, 3.63) is 34.0 Å². The normalized spacial score (nSPS) is 15.8. The zero-order valence-electron chi connectivity index (χ0n) is 11.3. The standard InChI is InChI=1S/C14H16FN3O2/c1-2-10-14(19)17-11-7-9(15)13(8-12(11)16-10)18-3-5-20-6-4-18/h7-8H,2-6H2,1H3,(H,17,19). The maximum Gasteiger partial charge on any atom is 0.270 e. The zero-order chi connectivity index (χ0) is 14.1. The average molecular weight is 277 g/mol. The average Bonchev–Trinajstić information content (AvgIpc) is 2.47. The van der Waals surface area contributed by atoms with Crippen molar-refractivity contribution in [1.82, 2.24) is 9.97 Å². The van der Waals surface area contributed by atoms with E-state index in [2.05, 4.69) is 9.97 Å². The number of H-pyrrole nitrogens is 1. The lowest BCUT2D eigenvalue weighted by molar-refractivity contribution is 0.122. The van der Waals surface area contributed by atoms with Crippen LogP contribution < -0.4 is 10.5 Å². The smallest absolute Gasteiger partial charge is 0.270 e.